The van der Waals surface area contributed by atoms with Crippen LogP contribution in [0.2, 0.25) is 0 Å². The lowest BCUT2D eigenvalue weighted by Gasteiger charge is -2.18. The molecule has 0 atom stereocenters. The molecule has 5 nitrogen and oxygen atoms in total. The van der Waals surface area contributed by atoms with Crippen molar-refractivity contribution in [1.29, 1.82) is 0 Å². The average molecular weight is 248 g/mol. The molecule has 1 aromatic rings. The maximum absolute atomic E-state index is 12.2. The van der Waals surface area contributed by atoms with Gasteiger partial charge in [-0.1, -0.05) is 12.8 Å². The standard InChI is InChI=1S/C13H16N2O3/c1-3-7-14-9-5-6-11(14)13(18)15(8-4-2)10-12(16)17/h2,5-6,9H,3,7-8,10H2,1H3,(H,16,17). The van der Waals surface area contributed by atoms with Crippen LogP contribution >= 0.6 is 0 Å². The maximum atomic E-state index is 12.2. The van der Waals surface area contributed by atoms with Gasteiger partial charge in [0, 0.05) is 12.7 Å². The highest BCUT2D eigenvalue weighted by Gasteiger charge is 2.20. The van der Waals surface area contributed by atoms with E-state index in [1.54, 1.807) is 22.9 Å². The van der Waals surface area contributed by atoms with Crippen LogP contribution in [0.3, 0.4) is 0 Å². The van der Waals surface area contributed by atoms with Crippen molar-refractivity contribution in [3.05, 3.63) is 24.0 Å². The predicted molar refractivity (Wildman–Crippen MR) is 67.1 cm³/mol. The average Bonchev–Trinajstić information content (AvgIpc) is 2.76. The van der Waals surface area contributed by atoms with E-state index in [0.29, 0.717) is 12.2 Å². The second-order valence-electron chi connectivity index (χ2n) is 3.85. The molecule has 0 unspecified atom stereocenters. The molecule has 1 amide bonds. The molecule has 1 heterocycles. The lowest BCUT2D eigenvalue weighted by molar-refractivity contribution is -0.137. The molecule has 0 radical (unpaired) electrons. The fraction of sp³-hybridized carbons (Fsp3) is 0.385. The van der Waals surface area contributed by atoms with Gasteiger partial charge in [0.2, 0.25) is 0 Å². The first-order valence-electron chi connectivity index (χ1n) is 5.69. The van der Waals surface area contributed by atoms with Crippen LogP contribution < -0.4 is 0 Å². The molecule has 0 aromatic carbocycles. The summed E-state index contributed by atoms with van der Waals surface area (Å²) < 4.78 is 1.80. The first-order chi connectivity index (χ1) is 8.60. The Labute approximate surface area is 106 Å². The van der Waals surface area contributed by atoms with Gasteiger partial charge in [-0.15, -0.1) is 6.42 Å². The SMILES string of the molecule is C#CCN(CC(=O)O)C(=O)c1cccn1CCC. The van der Waals surface area contributed by atoms with E-state index in [-0.39, 0.29) is 19.0 Å². The summed E-state index contributed by atoms with van der Waals surface area (Å²) in [6, 6.07) is 3.43. The zero-order chi connectivity index (χ0) is 13.5. The number of carbonyl (C=O) groups is 2. The van der Waals surface area contributed by atoms with Crippen molar-refractivity contribution < 1.29 is 14.7 Å². The zero-order valence-corrected chi connectivity index (χ0v) is 10.3. The fourth-order valence-electron chi connectivity index (χ4n) is 1.68. The highest BCUT2D eigenvalue weighted by atomic mass is 16.4. The number of carboxylic acid groups (broad SMARTS) is 1. The third-order valence-electron chi connectivity index (χ3n) is 2.41. The van der Waals surface area contributed by atoms with Gasteiger partial charge in [-0.05, 0) is 18.6 Å². The van der Waals surface area contributed by atoms with Gasteiger partial charge in [0.1, 0.15) is 12.2 Å². The Kier molecular flexibility index (Phi) is 5.00. The Balaban J connectivity index is 2.91. The number of rotatable bonds is 6. The van der Waals surface area contributed by atoms with Gasteiger partial charge < -0.3 is 14.6 Å². The molecule has 5 heteroatoms. The molecule has 0 fully saturated rings. The number of hydrogen-bond donors (Lipinski definition) is 1. The summed E-state index contributed by atoms with van der Waals surface area (Å²) in [7, 11) is 0. The van der Waals surface area contributed by atoms with Crippen LogP contribution in [0.4, 0.5) is 0 Å². The topological polar surface area (TPSA) is 62.5 Å². The van der Waals surface area contributed by atoms with Crippen molar-refractivity contribution >= 4 is 11.9 Å². The molecule has 0 bridgehead atoms. The van der Waals surface area contributed by atoms with Crippen LogP contribution in [0.25, 0.3) is 0 Å². The monoisotopic (exact) mass is 248 g/mol. The van der Waals surface area contributed by atoms with Crippen LogP contribution in [0.5, 0.6) is 0 Å². The van der Waals surface area contributed by atoms with Gasteiger partial charge in [0.05, 0.1) is 6.54 Å². The van der Waals surface area contributed by atoms with E-state index < -0.39 is 5.97 Å². The van der Waals surface area contributed by atoms with Crippen LogP contribution in [0, 0.1) is 12.3 Å². The largest absolute Gasteiger partial charge is 0.480 e. The van der Waals surface area contributed by atoms with E-state index in [4.69, 9.17) is 11.5 Å². The zero-order valence-electron chi connectivity index (χ0n) is 10.3. The molecule has 0 saturated carbocycles. The first kappa shape index (κ1) is 13.8. The van der Waals surface area contributed by atoms with Crippen molar-refractivity contribution in [1.82, 2.24) is 9.47 Å². The lowest BCUT2D eigenvalue weighted by atomic mass is 10.3. The minimum atomic E-state index is -1.08. The summed E-state index contributed by atoms with van der Waals surface area (Å²) >= 11 is 0. The van der Waals surface area contributed by atoms with E-state index in [0.717, 1.165) is 11.3 Å². The molecule has 1 aromatic heterocycles. The van der Waals surface area contributed by atoms with Gasteiger partial charge in [0.25, 0.3) is 5.91 Å². The molecular formula is C13H16N2O3. The molecular weight excluding hydrogens is 232 g/mol. The highest BCUT2D eigenvalue weighted by Crippen LogP contribution is 2.07. The fourth-order valence-corrected chi connectivity index (χ4v) is 1.68. The molecule has 0 aliphatic heterocycles. The number of hydrogen-bond acceptors (Lipinski definition) is 2. The molecule has 18 heavy (non-hydrogen) atoms. The van der Waals surface area contributed by atoms with Crippen molar-refractivity contribution in [2.45, 2.75) is 19.9 Å². The molecule has 1 N–H and O–H groups in total. The number of carboxylic acids is 1. The number of nitrogens with zero attached hydrogens (tertiary/aromatic N) is 2. The second-order valence-corrected chi connectivity index (χ2v) is 3.85. The third kappa shape index (κ3) is 3.39. The van der Waals surface area contributed by atoms with E-state index in [9.17, 15) is 9.59 Å². The smallest absolute Gasteiger partial charge is 0.323 e. The minimum Gasteiger partial charge on any atom is -0.480 e. The van der Waals surface area contributed by atoms with Gasteiger partial charge in [-0.25, -0.2) is 0 Å². The van der Waals surface area contributed by atoms with Crippen molar-refractivity contribution in [3.8, 4) is 12.3 Å². The Bertz CT molecular complexity index is 471. The summed E-state index contributed by atoms with van der Waals surface area (Å²) in [6.07, 6.45) is 7.84. The van der Waals surface area contributed by atoms with E-state index in [2.05, 4.69) is 5.92 Å². The van der Waals surface area contributed by atoms with Crippen molar-refractivity contribution in [2.75, 3.05) is 13.1 Å². The highest BCUT2D eigenvalue weighted by molar-refractivity contribution is 5.94. The maximum Gasteiger partial charge on any atom is 0.323 e. The lowest BCUT2D eigenvalue weighted by Crippen LogP contribution is -2.37. The van der Waals surface area contributed by atoms with Crippen LogP contribution in [0.1, 0.15) is 23.8 Å². The number of amides is 1. The Morgan fingerprint density at radius 2 is 2.28 bits per heavy atom. The van der Waals surface area contributed by atoms with E-state index in [1.807, 2.05) is 6.92 Å². The number of carbonyl (C=O) groups excluding carboxylic acids is 1. The number of aliphatic carboxylic acids is 1. The predicted octanol–water partition coefficient (Wildman–Crippen LogP) is 1.06. The Morgan fingerprint density at radius 1 is 1.56 bits per heavy atom. The first-order valence-corrected chi connectivity index (χ1v) is 5.69. The van der Waals surface area contributed by atoms with Gasteiger partial charge in [-0.2, -0.15) is 0 Å². The molecule has 0 spiro atoms. The normalized spacial score (nSPS) is 9.78. The molecule has 0 saturated heterocycles. The number of terminal acetylenes is 1. The van der Waals surface area contributed by atoms with E-state index >= 15 is 0 Å². The minimum absolute atomic E-state index is 0.0115. The van der Waals surface area contributed by atoms with Crippen molar-refractivity contribution in [3.63, 3.8) is 0 Å². The van der Waals surface area contributed by atoms with Crippen LogP contribution in [0.15, 0.2) is 18.3 Å². The van der Waals surface area contributed by atoms with E-state index in [1.165, 1.54) is 0 Å². The molecule has 1 rings (SSSR count). The molecule has 96 valence electrons. The van der Waals surface area contributed by atoms with Crippen LogP contribution in [-0.2, 0) is 11.3 Å². The molecule has 0 aliphatic carbocycles. The summed E-state index contributed by atoms with van der Waals surface area (Å²) in [5.41, 5.74) is 0.466. The summed E-state index contributed by atoms with van der Waals surface area (Å²) in [5, 5.41) is 8.76. The van der Waals surface area contributed by atoms with Gasteiger partial charge in [0.15, 0.2) is 0 Å². The summed E-state index contributed by atoms with van der Waals surface area (Å²) in [6.45, 7) is 2.32. The van der Waals surface area contributed by atoms with Gasteiger partial charge in [-0.3, -0.25) is 9.59 Å². The molecule has 0 aliphatic rings. The van der Waals surface area contributed by atoms with Gasteiger partial charge >= 0.3 is 5.97 Å². The Morgan fingerprint density at radius 3 is 2.83 bits per heavy atom. The van der Waals surface area contributed by atoms with Crippen LogP contribution in [-0.4, -0.2) is 39.5 Å². The van der Waals surface area contributed by atoms with Crippen molar-refractivity contribution in [2.24, 2.45) is 0 Å². The third-order valence-corrected chi connectivity index (χ3v) is 2.41. The number of aromatic nitrogens is 1. The second kappa shape index (κ2) is 6.50. The summed E-state index contributed by atoms with van der Waals surface area (Å²) in [4.78, 5) is 24.0. The Hall–Kier alpha value is -2.22. The quantitative estimate of drug-likeness (QED) is 0.766. The number of aryl methyl sites for hydroxylation is 1. The summed E-state index contributed by atoms with van der Waals surface area (Å²) in [5.74, 6) is 0.870.